The number of anilines is 2. The zero-order valence-electron chi connectivity index (χ0n) is 27.1. The van der Waals surface area contributed by atoms with E-state index in [1.54, 1.807) is 20.1 Å². The van der Waals surface area contributed by atoms with E-state index in [4.69, 9.17) is 31.4 Å². The summed E-state index contributed by atoms with van der Waals surface area (Å²) in [5, 5.41) is 9.42. The minimum atomic E-state index is -1.10. The van der Waals surface area contributed by atoms with Crippen molar-refractivity contribution in [2.75, 3.05) is 38.3 Å². The normalized spacial score (nSPS) is 14.8. The highest BCUT2D eigenvalue weighted by Gasteiger charge is 2.29. The number of methoxy groups -OCH3 is 1. The second-order valence-corrected chi connectivity index (χ2v) is 12.2. The fraction of sp³-hybridized carbons (Fsp3) is 0.364. The van der Waals surface area contributed by atoms with Crippen LogP contribution in [0.1, 0.15) is 47.9 Å². The molecule has 1 unspecified atom stereocenters. The van der Waals surface area contributed by atoms with Crippen LogP contribution >= 0.6 is 0 Å². The van der Waals surface area contributed by atoms with Gasteiger partial charge in [0.1, 0.15) is 34.7 Å². The van der Waals surface area contributed by atoms with Gasteiger partial charge in [-0.3, -0.25) is 4.79 Å². The molecule has 1 aliphatic heterocycles. The number of amides is 2. The van der Waals surface area contributed by atoms with Crippen LogP contribution in [-0.2, 0) is 17.8 Å². The Morgan fingerprint density at radius 2 is 1.56 bits per heavy atom. The summed E-state index contributed by atoms with van der Waals surface area (Å²) in [7, 11) is 1.44. The van der Waals surface area contributed by atoms with Crippen LogP contribution in [0.5, 0.6) is 11.5 Å². The van der Waals surface area contributed by atoms with Crippen LogP contribution < -0.4 is 26.7 Å². The van der Waals surface area contributed by atoms with Gasteiger partial charge in [0.25, 0.3) is 0 Å². The monoisotopic (exact) mass is 658 g/mol. The van der Waals surface area contributed by atoms with E-state index in [9.17, 15) is 19.5 Å². The summed E-state index contributed by atoms with van der Waals surface area (Å²) < 4.78 is 20.3. The molecule has 15 nitrogen and oxygen atoms in total. The zero-order valence-corrected chi connectivity index (χ0v) is 27.1. The maximum atomic E-state index is 12.4. The number of ether oxygens (including phenoxy) is 3. The molecule has 2 aromatic carbocycles. The molecule has 2 aromatic heterocycles. The first-order valence-electron chi connectivity index (χ1n) is 15.2. The van der Waals surface area contributed by atoms with Crippen molar-refractivity contribution in [3.63, 3.8) is 0 Å². The van der Waals surface area contributed by atoms with E-state index < -0.39 is 17.5 Å². The fourth-order valence-electron chi connectivity index (χ4n) is 5.43. The largest absolute Gasteiger partial charge is 0.494 e. The lowest BCUT2D eigenvalue weighted by Crippen LogP contribution is -2.35. The Kier molecular flexibility index (Phi) is 9.37. The van der Waals surface area contributed by atoms with Gasteiger partial charge >= 0.3 is 12.1 Å². The molecule has 15 heteroatoms. The lowest BCUT2D eigenvalue weighted by Gasteiger charge is -2.24. The van der Waals surface area contributed by atoms with Gasteiger partial charge in [-0.05, 0) is 51.5 Å². The third kappa shape index (κ3) is 7.22. The van der Waals surface area contributed by atoms with Gasteiger partial charge in [0.15, 0.2) is 0 Å². The average Bonchev–Trinajstić information content (AvgIpc) is 3.70. The number of rotatable bonds is 9. The predicted molar refractivity (Wildman–Crippen MR) is 179 cm³/mol. The van der Waals surface area contributed by atoms with E-state index in [-0.39, 0.29) is 48.2 Å². The number of carbonyl (C=O) groups is 3. The Hall–Kier alpha value is -5.91. The number of imidazole rings is 2. The molecule has 1 aliphatic rings. The van der Waals surface area contributed by atoms with Crippen LogP contribution in [0.3, 0.4) is 0 Å². The van der Waals surface area contributed by atoms with Crippen LogP contribution in [0, 0.1) is 17.8 Å². The second kappa shape index (κ2) is 13.4. The maximum Gasteiger partial charge on any atom is 0.410 e. The molecule has 48 heavy (non-hydrogen) atoms. The Morgan fingerprint density at radius 3 is 2.12 bits per heavy atom. The molecule has 0 spiro atoms. The molecule has 0 saturated carbocycles. The van der Waals surface area contributed by atoms with E-state index in [1.807, 2.05) is 32.9 Å². The number of aromatic carboxylic acids is 1. The minimum absolute atomic E-state index is 0.0135. The van der Waals surface area contributed by atoms with Gasteiger partial charge in [0.2, 0.25) is 17.8 Å². The second-order valence-electron chi connectivity index (χ2n) is 12.2. The molecule has 4 aromatic rings. The average molecular weight is 659 g/mol. The van der Waals surface area contributed by atoms with Gasteiger partial charge in [0.05, 0.1) is 23.7 Å². The molecule has 0 aliphatic carbocycles. The number of likely N-dealkylation sites (tertiary alicyclic amines) is 1. The van der Waals surface area contributed by atoms with Crippen LogP contribution in [0.2, 0.25) is 0 Å². The summed E-state index contributed by atoms with van der Waals surface area (Å²) in [5.74, 6) is 5.45. The number of nitrogens with zero attached hydrogens (tertiary/aromatic N) is 5. The van der Waals surface area contributed by atoms with Crippen molar-refractivity contribution in [1.82, 2.24) is 24.0 Å². The van der Waals surface area contributed by atoms with E-state index in [2.05, 4.69) is 21.8 Å². The highest BCUT2D eigenvalue weighted by atomic mass is 16.6. The first-order chi connectivity index (χ1) is 22.8. The van der Waals surface area contributed by atoms with E-state index in [0.717, 1.165) is 6.42 Å². The topological polar surface area (TPSA) is 216 Å². The Bertz CT molecular complexity index is 1990. The number of benzene rings is 2. The SMILES string of the molecule is COc1cc(C(=O)O)cc2nc(N)n(CC=CCn3c(N)nc4cc(C(N)=O)cc(OCC#CC5CCN(C(=O)OC(C)(C)C)C5)c43)c12. The molecular weight excluding hydrogens is 620 g/mol. The highest BCUT2D eigenvalue weighted by Crippen LogP contribution is 2.31. The fourth-order valence-corrected chi connectivity index (χ4v) is 5.43. The summed E-state index contributed by atoms with van der Waals surface area (Å²) in [6, 6.07) is 5.94. The predicted octanol–water partition coefficient (Wildman–Crippen LogP) is 3.25. The lowest BCUT2D eigenvalue weighted by molar-refractivity contribution is 0.0291. The number of nitrogen functional groups attached to an aromatic ring is 2. The number of fused-ring (bicyclic) bond motifs is 2. The van der Waals surface area contributed by atoms with Gasteiger partial charge in [0, 0.05) is 37.7 Å². The molecular formula is C33H38N8O7. The summed E-state index contributed by atoms with van der Waals surface area (Å²) in [4.78, 5) is 46.3. The molecule has 2 amide bonds. The molecule has 1 atom stereocenters. The summed E-state index contributed by atoms with van der Waals surface area (Å²) in [5.41, 5.74) is 19.6. The number of hydrogen-bond acceptors (Lipinski definition) is 10. The number of aromatic nitrogens is 4. The molecule has 5 rings (SSSR count). The zero-order chi connectivity index (χ0) is 34.7. The number of hydrogen-bond donors (Lipinski definition) is 4. The maximum absolute atomic E-state index is 12.4. The minimum Gasteiger partial charge on any atom is -0.494 e. The summed E-state index contributed by atoms with van der Waals surface area (Å²) in [6.45, 7) is 7.11. The quantitative estimate of drug-likeness (QED) is 0.151. The van der Waals surface area contributed by atoms with Gasteiger partial charge in [-0.25, -0.2) is 19.6 Å². The van der Waals surface area contributed by atoms with E-state index >= 15 is 0 Å². The van der Waals surface area contributed by atoms with Gasteiger partial charge in [-0.15, -0.1) is 0 Å². The number of primary amides is 1. The van der Waals surface area contributed by atoms with Gasteiger partial charge in [-0.2, -0.15) is 0 Å². The van der Waals surface area contributed by atoms with Crippen molar-refractivity contribution in [2.24, 2.45) is 11.7 Å². The van der Waals surface area contributed by atoms with Gasteiger partial charge in [-0.1, -0.05) is 24.0 Å². The molecule has 0 radical (unpaired) electrons. The lowest BCUT2D eigenvalue weighted by atomic mass is 10.1. The first kappa shape index (κ1) is 33.5. The molecule has 1 saturated heterocycles. The van der Waals surface area contributed by atoms with Crippen LogP contribution in [-0.4, -0.2) is 79.5 Å². The molecule has 252 valence electrons. The van der Waals surface area contributed by atoms with Crippen molar-refractivity contribution >= 4 is 51.9 Å². The summed E-state index contributed by atoms with van der Waals surface area (Å²) in [6.07, 6.45) is 4.06. The molecule has 1 fully saturated rings. The van der Waals surface area contributed by atoms with Crippen molar-refractivity contribution in [3.05, 3.63) is 47.5 Å². The van der Waals surface area contributed by atoms with Gasteiger partial charge < -0.3 is 50.6 Å². The Balaban J connectivity index is 1.32. The Labute approximate surface area is 276 Å². The van der Waals surface area contributed by atoms with E-state index in [1.165, 1.54) is 25.3 Å². The molecule has 0 bridgehead atoms. The van der Waals surface area contributed by atoms with Crippen LogP contribution in [0.4, 0.5) is 16.7 Å². The number of carbonyl (C=O) groups excluding carboxylic acids is 2. The Morgan fingerprint density at radius 1 is 0.979 bits per heavy atom. The van der Waals surface area contributed by atoms with Crippen molar-refractivity contribution < 1.29 is 33.7 Å². The van der Waals surface area contributed by atoms with Crippen molar-refractivity contribution in [1.29, 1.82) is 0 Å². The number of nitrogens with two attached hydrogens (primary N) is 3. The third-order valence-electron chi connectivity index (χ3n) is 7.61. The molecule has 7 N–H and O–H groups in total. The third-order valence-corrected chi connectivity index (χ3v) is 7.61. The highest BCUT2D eigenvalue weighted by molar-refractivity contribution is 5.99. The van der Waals surface area contributed by atoms with Crippen molar-refractivity contribution in [2.45, 2.75) is 45.9 Å². The molecule has 3 heterocycles. The first-order valence-corrected chi connectivity index (χ1v) is 15.2. The van der Waals surface area contributed by atoms with Crippen LogP contribution in [0.15, 0.2) is 36.4 Å². The smallest absolute Gasteiger partial charge is 0.410 e. The van der Waals surface area contributed by atoms with Crippen molar-refractivity contribution in [3.8, 4) is 23.3 Å². The number of carboxylic acids is 1. The number of carboxylic acid groups (broad SMARTS) is 1. The van der Waals surface area contributed by atoms with E-state index in [0.29, 0.717) is 53.2 Å². The summed E-state index contributed by atoms with van der Waals surface area (Å²) >= 11 is 0. The standard InChI is InChI=1S/C33H38N8O7/c1-33(2,3)48-32(45)39-12-9-19(18-39)8-7-13-47-25-16-20(28(34)42)14-22-27(25)41(31(36)37-22)11-6-5-10-40-26-23(38-30(40)35)15-21(29(43)44)17-24(26)46-4/h5-6,14-17,19H,9-13,18H2,1-4H3,(H2,34,42)(H2,35,38)(H2,36,37)(H,43,44). The van der Waals surface area contributed by atoms with Crippen LogP contribution in [0.25, 0.3) is 22.1 Å². The number of allylic oxidation sites excluding steroid dienone is 2.